The Labute approximate surface area is 80.7 Å². The number of aliphatic carboxylic acids is 4. The zero-order valence-electron chi connectivity index (χ0n) is 5.58. The van der Waals surface area contributed by atoms with Crippen LogP contribution in [0, 0.1) is 0 Å². The Balaban J connectivity index is -0.000000143. The third-order valence-electron chi connectivity index (χ3n) is 0.333. The molecule has 0 aromatic carbocycles. The number of carboxylic acids is 4. The molecule has 0 heterocycles. The number of carboxylic acid groups (broad SMARTS) is 4. The first kappa shape index (κ1) is 17.5. The van der Waals surface area contributed by atoms with E-state index in [0.717, 1.165) is 0 Å². The molecule has 0 aliphatic carbocycles. The molecular weight excluding hydrogens is 235 g/mol. The molecule has 0 saturated carbocycles. The minimum Gasteiger partial charge on any atom is -0.543 e. The van der Waals surface area contributed by atoms with E-state index in [1.165, 1.54) is 0 Å². The summed E-state index contributed by atoms with van der Waals surface area (Å²) in [5.74, 6) is -8.74. The van der Waals surface area contributed by atoms with Crippen molar-refractivity contribution in [3.8, 4) is 0 Å². The first-order valence-electron chi connectivity index (χ1n) is 2.13. The van der Waals surface area contributed by atoms with Gasteiger partial charge in [0.2, 0.25) is 0 Å². The van der Waals surface area contributed by atoms with Crippen LogP contribution in [-0.4, -0.2) is 23.9 Å². The van der Waals surface area contributed by atoms with Gasteiger partial charge in [-0.25, -0.2) is 0 Å². The molecule has 0 bridgehead atoms. The maximum atomic E-state index is 8.93. The Morgan fingerprint density at radius 3 is 0.615 bits per heavy atom. The van der Waals surface area contributed by atoms with Crippen LogP contribution in [0.3, 0.4) is 0 Å². The number of carbonyl (C=O) groups excluding carboxylic acids is 4. The molecule has 0 saturated heterocycles. The second-order valence-corrected chi connectivity index (χ2v) is 1.15. The van der Waals surface area contributed by atoms with Crippen molar-refractivity contribution in [1.29, 1.82) is 0 Å². The largest absolute Gasteiger partial charge is 4.00 e. The van der Waals surface area contributed by atoms with Gasteiger partial charge in [0.15, 0.2) is 0 Å². The van der Waals surface area contributed by atoms with Gasteiger partial charge in [0.25, 0.3) is 0 Å². The van der Waals surface area contributed by atoms with E-state index in [1.807, 2.05) is 0 Å². The minimum atomic E-state index is -2.19. The van der Waals surface area contributed by atoms with Crippen molar-refractivity contribution in [3.05, 3.63) is 0 Å². The molecule has 0 atom stereocenters. The molecular formula is C4NiO8. The van der Waals surface area contributed by atoms with Crippen LogP contribution in [0.15, 0.2) is 0 Å². The Bertz CT molecular complexity index is 172. The standard InChI is InChI=1S/2C2H2O4.Ni/c2*3-1(4)2(5)6;/h2*(H,3,4)(H,5,6);/q;;+4/p-4. The van der Waals surface area contributed by atoms with E-state index in [0.29, 0.717) is 0 Å². The first-order chi connectivity index (χ1) is 5.29. The Hall–Kier alpha value is -1.63. The predicted molar refractivity (Wildman–Crippen MR) is 20.0 cm³/mol. The molecule has 0 radical (unpaired) electrons. The van der Waals surface area contributed by atoms with Gasteiger partial charge in [0.05, 0.1) is 23.9 Å². The third kappa shape index (κ3) is 17.9. The van der Waals surface area contributed by atoms with Crippen molar-refractivity contribution >= 4 is 23.9 Å². The second-order valence-electron chi connectivity index (χ2n) is 1.15. The van der Waals surface area contributed by atoms with Gasteiger partial charge in [-0.05, 0) is 0 Å². The topological polar surface area (TPSA) is 161 Å². The van der Waals surface area contributed by atoms with Crippen LogP contribution in [0.1, 0.15) is 0 Å². The summed E-state index contributed by atoms with van der Waals surface area (Å²) in [6.45, 7) is 0. The molecule has 0 aliphatic rings. The summed E-state index contributed by atoms with van der Waals surface area (Å²) in [4.78, 5) is 35.7. The molecule has 0 aromatic heterocycles. The predicted octanol–water partition coefficient (Wildman–Crippen LogP) is -7.03. The summed E-state index contributed by atoms with van der Waals surface area (Å²) in [6, 6.07) is 0. The molecule has 8 nitrogen and oxygen atoms in total. The van der Waals surface area contributed by atoms with Crippen LogP contribution >= 0.6 is 0 Å². The van der Waals surface area contributed by atoms with Gasteiger partial charge >= 0.3 is 16.5 Å². The van der Waals surface area contributed by atoms with Crippen LogP contribution in [0.5, 0.6) is 0 Å². The van der Waals surface area contributed by atoms with Crippen LogP contribution in [-0.2, 0) is 35.7 Å². The normalized spacial score (nSPS) is 6.77. The average molecular weight is 235 g/mol. The van der Waals surface area contributed by atoms with Crippen LogP contribution < -0.4 is 20.4 Å². The van der Waals surface area contributed by atoms with E-state index in [1.54, 1.807) is 0 Å². The summed E-state index contributed by atoms with van der Waals surface area (Å²) >= 11 is 0. The molecule has 0 spiro atoms. The van der Waals surface area contributed by atoms with Gasteiger partial charge in [-0.3, -0.25) is 0 Å². The number of hydrogen-bond donors (Lipinski definition) is 0. The fraction of sp³-hybridized carbons (Fsp3) is 0. The van der Waals surface area contributed by atoms with Crippen molar-refractivity contribution in [3.63, 3.8) is 0 Å². The summed E-state index contributed by atoms with van der Waals surface area (Å²) in [6.07, 6.45) is 0. The zero-order chi connectivity index (χ0) is 10.3. The Morgan fingerprint density at radius 2 is 0.615 bits per heavy atom. The van der Waals surface area contributed by atoms with E-state index in [4.69, 9.17) is 39.6 Å². The summed E-state index contributed by atoms with van der Waals surface area (Å²) < 4.78 is 0. The van der Waals surface area contributed by atoms with Crippen molar-refractivity contribution in [2.75, 3.05) is 0 Å². The van der Waals surface area contributed by atoms with E-state index in [2.05, 4.69) is 0 Å². The van der Waals surface area contributed by atoms with Crippen LogP contribution in [0.4, 0.5) is 0 Å². The van der Waals surface area contributed by atoms with Crippen LogP contribution in [0.25, 0.3) is 0 Å². The number of rotatable bonds is 0. The van der Waals surface area contributed by atoms with Crippen molar-refractivity contribution in [1.82, 2.24) is 0 Å². The fourth-order valence-corrected chi connectivity index (χ4v) is 0. The SMILES string of the molecule is O=C([O-])C(=O)[O-].O=C([O-])C(=O)[O-].[Ni+4]. The Kier molecular flexibility index (Phi) is 11.4. The van der Waals surface area contributed by atoms with Gasteiger partial charge in [0.1, 0.15) is 0 Å². The quantitative estimate of drug-likeness (QED) is 0.295. The summed E-state index contributed by atoms with van der Waals surface area (Å²) in [7, 11) is 0. The monoisotopic (exact) mass is 234 g/mol. The summed E-state index contributed by atoms with van der Waals surface area (Å²) in [5.41, 5.74) is 0. The van der Waals surface area contributed by atoms with Gasteiger partial charge in [-0.1, -0.05) is 0 Å². The first-order valence-corrected chi connectivity index (χ1v) is 2.13. The van der Waals surface area contributed by atoms with Gasteiger partial charge < -0.3 is 39.6 Å². The van der Waals surface area contributed by atoms with E-state index >= 15 is 0 Å². The Morgan fingerprint density at radius 1 is 0.538 bits per heavy atom. The second kappa shape index (κ2) is 8.47. The van der Waals surface area contributed by atoms with E-state index in [9.17, 15) is 0 Å². The number of hydrogen-bond acceptors (Lipinski definition) is 8. The average Bonchev–Trinajstić information content (AvgIpc) is 1.88. The number of carbonyl (C=O) groups is 4. The minimum absolute atomic E-state index is 0. The fourth-order valence-electron chi connectivity index (χ4n) is 0. The molecule has 0 unspecified atom stereocenters. The van der Waals surface area contributed by atoms with Crippen molar-refractivity contribution < 1.29 is 56.1 Å². The smallest absolute Gasteiger partial charge is 0.543 e. The molecule has 0 aliphatic heterocycles. The van der Waals surface area contributed by atoms with Gasteiger partial charge in [-0.2, -0.15) is 0 Å². The maximum absolute atomic E-state index is 8.93. The molecule has 0 aromatic rings. The molecule has 0 fully saturated rings. The molecule has 0 rings (SSSR count). The zero-order valence-corrected chi connectivity index (χ0v) is 6.57. The van der Waals surface area contributed by atoms with E-state index < -0.39 is 23.9 Å². The molecule has 0 amide bonds. The van der Waals surface area contributed by atoms with Gasteiger partial charge in [0, 0.05) is 0 Å². The van der Waals surface area contributed by atoms with E-state index in [-0.39, 0.29) is 16.5 Å². The summed E-state index contributed by atoms with van der Waals surface area (Å²) in [5, 5.41) is 35.7. The van der Waals surface area contributed by atoms with Crippen molar-refractivity contribution in [2.45, 2.75) is 0 Å². The van der Waals surface area contributed by atoms with Crippen LogP contribution in [0.2, 0.25) is 0 Å². The molecule has 74 valence electrons. The third-order valence-corrected chi connectivity index (χ3v) is 0.333. The molecule has 9 heteroatoms. The molecule has 13 heavy (non-hydrogen) atoms. The molecule has 0 N–H and O–H groups in total. The van der Waals surface area contributed by atoms with Crippen molar-refractivity contribution in [2.24, 2.45) is 0 Å². The maximum Gasteiger partial charge on any atom is 4.00 e. The van der Waals surface area contributed by atoms with Gasteiger partial charge in [-0.15, -0.1) is 0 Å².